The highest BCUT2D eigenvalue weighted by Crippen LogP contribution is 2.32. The number of aromatic nitrogens is 1. The Kier molecular flexibility index (Phi) is 3.65. The molecule has 0 unspecified atom stereocenters. The lowest BCUT2D eigenvalue weighted by Crippen LogP contribution is -2.42. The van der Waals surface area contributed by atoms with E-state index in [4.69, 9.17) is 4.42 Å². The fourth-order valence-corrected chi connectivity index (χ4v) is 3.21. The van der Waals surface area contributed by atoms with E-state index in [1.54, 1.807) is 0 Å². The van der Waals surface area contributed by atoms with E-state index in [0.29, 0.717) is 11.6 Å². The summed E-state index contributed by atoms with van der Waals surface area (Å²) >= 11 is 0. The number of fused-ring (bicyclic) bond motifs is 1. The van der Waals surface area contributed by atoms with Gasteiger partial charge in [0.1, 0.15) is 6.26 Å². The molecule has 1 aromatic heterocycles. The average molecular weight is 318 g/mol. The summed E-state index contributed by atoms with van der Waals surface area (Å²) < 4.78 is 5.53. The number of hydrogen-bond donors (Lipinski definition) is 0. The van der Waals surface area contributed by atoms with Crippen LogP contribution in [0.15, 0.2) is 65.3 Å². The third-order valence-electron chi connectivity index (χ3n) is 4.49. The van der Waals surface area contributed by atoms with Gasteiger partial charge in [-0.25, -0.2) is 4.98 Å². The maximum atomic E-state index is 13.0. The first-order chi connectivity index (χ1) is 11.7. The Labute approximate surface area is 140 Å². The van der Waals surface area contributed by atoms with Crippen LogP contribution in [0.2, 0.25) is 0 Å². The van der Waals surface area contributed by atoms with Crippen molar-refractivity contribution in [3.63, 3.8) is 0 Å². The van der Waals surface area contributed by atoms with Gasteiger partial charge >= 0.3 is 0 Å². The van der Waals surface area contributed by atoms with Gasteiger partial charge in [0.05, 0.1) is 0 Å². The predicted molar refractivity (Wildman–Crippen MR) is 93.0 cm³/mol. The molecular weight excluding hydrogens is 300 g/mol. The SMILES string of the molecule is C[C@@H]1CCc2ccccc2N1C(=O)c1coc(-c2ccccc2)n1. The molecule has 120 valence electrons. The van der Waals surface area contributed by atoms with Crippen LogP contribution in [0, 0.1) is 0 Å². The number of para-hydroxylation sites is 1. The maximum Gasteiger partial charge on any atom is 0.280 e. The van der Waals surface area contributed by atoms with E-state index in [2.05, 4.69) is 18.0 Å². The molecule has 0 N–H and O–H groups in total. The van der Waals surface area contributed by atoms with E-state index in [1.165, 1.54) is 11.8 Å². The maximum absolute atomic E-state index is 13.0. The Morgan fingerprint density at radius 2 is 1.88 bits per heavy atom. The first kappa shape index (κ1) is 14.7. The second-order valence-electron chi connectivity index (χ2n) is 6.10. The van der Waals surface area contributed by atoms with Gasteiger partial charge in [-0.05, 0) is 43.5 Å². The normalized spacial score (nSPS) is 16.7. The van der Waals surface area contributed by atoms with Gasteiger partial charge in [-0.15, -0.1) is 0 Å². The summed E-state index contributed by atoms with van der Waals surface area (Å²) in [5.41, 5.74) is 3.39. The van der Waals surface area contributed by atoms with E-state index in [0.717, 1.165) is 24.1 Å². The third kappa shape index (κ3) is 2.50. The first-order valence-corrected chi connectivity index (χ1v) is 8.16. The van der Waals surface area contributed by atoms with Crippen molar-refractivity contribution < 1.29 is 9.21 Å². The van der Waals surface area contributed by atoms with Crippen molar-refractivity contribution >= 4 is 11.6 Å². The Morgan fingerprint density at radius 1 is 1.12 bits per heavy atom. The van der Waals surface area contributed by atoms with Crippen LogP contribution in [-0.2, 0) is 6.42 Å². The molecule has 1 aliphatic heterocycles. The van der Waals surface area contributed by atoms with E-state index in [9.17, 15) is 4.79 Å². The van der Waals surface area contributed by atoms with Crippen molar-refractivity contribution in [2.75, 3.05) is 4.90 Å². The Morgan fingerprint density at radius 3 is 2.71 bits per heavy atom. The van der Waals surface area contributed by atoms with Crippen LogP contribution in [0.4, 0.5) is 5.69 Å². The van der Waals surface area contributed by atoms with Gasteiger partial charge in [-0.3, -0.25) is 4.79 Å². The molecule has 0 spiro atoms. The van der Waals surface area contributed by atoms with Gasteiger partial charge in [0.15, 0.2) is 5.69 Å². The van der Waals surface area contributed by atoms with Crippen LogP contribution in [-0.4, -0.2) is 16.9 Å². The minimum Gasteiger partial charge on any atom is -0.444 e. The van der Waals surface area contributed by atoms with Crippen molar-refractivity contribution in [3.05, 3.63) is 72.1 Å². The summed E-state index contributed by atoms with van der Waals surface area (Å²) in [6.07, 6.45) is 3.40. The summed E-state index contributed by atoms with van der Waals surface area (Å²) in [6.45, 7) is 2.08. The van der Waals surface area contributed by atoms with E-state index in [-0.39, 0.29) is 11.9 Å². The predicted octanol–water partition coefficient (Wildman–Crippen LogP) is 4.32. The van der Waals surface area contributed by atoms with Crippen molar-refractivity contribution in [2.24, 2.45) is 0 Å². The molecular formula is C20H18N2O2. The minimum atomic E-state index is -0.111. The highest BCUT2D eigenvalue weighted by Gasteiger charge is 2.30. The fraction of sp³-hybridized carbons (Fsp3) is 0.200. The molecule has 0 saturated heterocycles. The van der Waals surface area contributed by atoms with Crippen LogP contribution in [0.5, 0.6) is 0 Å². The zero-order valence-electron chi connectivity index (χ0n) is 13.5. The van der Waals surface area contributed by atoms with E-state index >= 15 is 0 Å². The van der Waals surface area contributed by atoms with Crippen LogP contribution in [0.1, 0.15) is 29.4 Å². The lowest BCUT2D eigenvalue weighted by atomic mass is 9.96. The van der Waals surface area contributed by atoms with Gasteiger partial charge in [-0.1, -0.05) is 36.4 Å². The quantitative estimate of drug-likeness (QED) is 0.707. The third-order valence-corrected chi connectivity index (χ3v) is 4.49. The van der Waals surface area contributed by atoms with Gasteiger partial charge in [0.25, 0.3) is 5.91 Å². The summed E-state index contributed by atoms with van der Waals surface area (Å²) in [5, 5.41) is 0. The summed E-state index contributed by atoms with van der Waals surface area (Å²) in [5.74, 6) is 0.359. The molecule has 1 amide bonds. The van der Waals surface area contributed by atoms with Gasteiger partial charge in [-0.2, -0.15) is 0 Å². The Bertz CT molecular complexity index is 870. The number of amides is 1. The number of carbonyl (C=O) groups excluding carboxylic acids is 1. The summed E-state index contributed by atoms with van der Waals surface area (Å²) in [7, 11) is 0. The van der Waals surface area contributed by atoms with Gasteiger partial charge < -0.3 is 9.32 Å². The molecule has 2 heterocycles. The highest BCUT2D eigenvalue weighted by atomic mass is 16.3. The molecule has 0 radical (unpaired) electrons. The molecule has 4 heteroatoms. The largest absolute Gasteiger partial charge is 0.444 e. The molecule has 1 aliphatic rings. The van der Waals surface area contributed by atoms with Crippen molar-refractivity contribution in [1.82, 2.24) is 4.98 Å². The van der Waals surface area contributed by atoms with Crippen LogP contribution >= 0.6 is 0 Å². The molecule has 0 saturated carbocycles. The highest BCUT2D eigenvalue weighted by molar-refractivity contribution is 6.06. The van der Waals surface area contributed by atoms with E-state index in [1.807, 2.05) is 53.4 Å². The van der Waals surface area contributed by atoms with Crippen LogP contribution in [0.25, 0.3) is 11.5 Å². The van der Waals surface area contributed by atoms with Crippen LogP contribution < -0.4 is 4.90 Å². The molecule has 2 aromatic carbocycles. The zero-order valence-corrected chi connectivity index (χ0v) is 13.5. The number of anilines is 1. The van der Waals surface area contributed by atoms with Crippen molar-refractivity contribution in [3.8, 4) is 11.5 Å². The second kappa shape index (κ2) is 5.96. The number of rotatable bonds is 2. The number of hydrogen-bond acceptors (Lipinski definition) is 3. The molecule has 0 aliphatic carbocycles. The fourth-order valence-electron chi connectivity index (χ4n) is 3.21. The van der Waals surface area contributed by atoms with Gasteiger partial charge in [0, 0.05) is 17.3 Å². The van der Waals surface area contributed by atoms with Crippen LogP contribution in [0.3, 0.4) is 0 Å². The van der Waals surface area contributed by atoms with Gasteiger partial charge in [0.2, 0.25) is 5.89 Å². The molecule has 4 rings (SSSR count). The lowest BCUT2D eigenvalue weighted by Gasteiger charge is -2.34. The molecule has 0 fully saturated rings. The monoisotopic (exact) mass is 318 g/mol. The summed E-state index contributed by atoms with van der Waals surface area (Å²) in [4.78, 5) is 19.3. The van der Waals surface area contributed by atoms with Crippen molar-refractivity contribution in [2.45, 2.75) is 25.8 Å². The standard InChI is InChI=1S/C20H18N2O2/c1-14-11-12-15-7-5-6-10-18(15)22(14)20(23)17-13-24-19(21-17)16-8-3-2-4-9-16/h2-10,13-14H,11-12H2,1H3/t14-/m1/s1. The number of benzene rings is 2. The molecule has 4 nitrogen and oxygen atoms in total. The number of nitrogens with zero attached hydrogens (tertiary/aromatic N) is 2. The molecule has 3 aromatic rings. The summed E-state index contributed by atoms with van der Waals surface area (Å²) in [6, 6.07) is 17.8. The number of oxazole rings is 1. The topological polar surface area (TPSA) is 46.3 Å². The Balaban J connectivity index is 1.68. The Hall–Kier alpha value is -2.88. The number of aryl methyl sites for hydroxylation is 1. The molecule has 1 atom stereocenters. The minimum absolute atomic E-state index is 0.111. The lowest BCUT2D eigenvalue weighted by molar-refractivity contribution is 0.0970. The van der Waals surface area contributed by atoms with E-state index < -0.39 is 0 Å². The first-order valence-electron chi connectivity index (χ1n) is 8.16. The number of carbonyl (C=O) groups is 1. The smallest absolute Gasteiger partial charge is 0.280 e. The second-order valence-corrected chi connectivity index (χ2v) is 6.10. The molecule has 0 bridgehead atoms. The van der Waals surface area contributed by atoms with Crippen molar-refractivity contribution in [1.29, 1.82) is 0 Å². The molecule has 24 heavy (non-hydrogen) atoms. The average Bonchev–Trinajstić information content (AvgIpc) is 3.12. The zero-order chi connectivity index (χ0) is 16.5.